The van der Waals surface area contributed by atoms with Crippen LogP contribution in [0.25, 0.3) is 5.76 Å². The number of fused-ring (bicyclic) bond motifs is 7. The Kier molecular flexibility index (Phi) is 13.1. The van der Waals surface area contributed by atoms with E-state index in [1.807, 2.05) is 82.2 Å². The molecule has 3 aliphatic carbocycles. The smallest absolute Gasteiger partial charge is 0.507 e. The zero-order chi connectivity index (χ0) is 51.9. The molecule has 14 nitrogen and oxygen atoms in total. The van der Waals surface area contributed by atoms with Gasteiger partial charge >= 0.3 is 12.5 Å². The molecule has 0 bridgehead atoms. The molecule has 3 aromatic carbocycles. The third kappa shape index (κ3) is 8.91. The number of aromatic nitrogens is 1. The minimum Gasteiger partial charge on any atom is -0.507 e. The number of aliphatic hydroxyl groups is 1. The highest BCUT2D eigenvalue weighted by molar-refractivity contribution is 6.74. The van der Waals surface area contributed by atoms with Crippen LogP contribution in [0.3, 0.4) is 0 Å². The van der Waals surface area contributed by atoms with Gasteiger partial charge in [0.25, 0.3) is 5.88 Å². The maximum absolute atomic E-state index is 16.4. The summed E-state index contributed by atoms with van der Waals surface area (Å²) in [4.78, 5) is 50.1. The van der Waals surface area contributed by atoms with Crippen LogP contribution in [0.4, 0.5) is 23.7 Å². The van der Waals surface area contributed by atoms with Crippen LogP contribution in [0.1, 0.15) is 110 Å². The van der Waals surface area contributed by atoms with Crippen molar-refractivity contribution in [2.24, 2.45) is 17.8 Å². The number of nitrogens with zero attached hydrogens (tertiary/aromatic N) is 3. The van der Waals surface area contributed by atoms with E-state index in [2.05, 4.69) is 17.1 Å². The highest BCUT2D eigenvalue weighted by atomic mass is 28.4. The second-order valence-electron chi connectivity index (χ2n) is 22.1. The number of ketones is 2. The van der Waals surface area contributed by atoms with Gasteiger partial charge in [-0.2, -0.15) is 0 Å². The normalized spacial score (nSPS) is 24.1. The van der Waals surface area contributed by atoms with Crippen LogP contribution in [-0.2, 0) is 33.6 Å². The predicted molar refractivity (Wildman–Crippen MR) is 264 cm³/mol. The summed E-state index contributed by atoms with van der Waals surface area (Å²) in [6, 6.07) is 16.6. The van der Waals surface area contributed by atoms with Gasteiger partial charge in [0, 0.05) is 41.7 Å². The average Bonchev–Trinajstić information content (AvgIpc) is 3.91. The van der Waals surface area contributed by atoms with Gasteiger partial charge in [-0.1, -0.05) is 87.5 Å². The third-order valence-corrected chi connectivity index (χ3v) is 19.6. The van der Waals surface area contributed by atoms with Gasteiger partial charge in [-0.05, 0) is 99.9 Å². The molecule has 3 heterocycles. The number of carbonyl (C=O) groups is 3. The van der Waals surface area contributed by atoms with Gasteiger partial charge in [0.2, 0.25) is 11.6 Å². The van der Waals surface area contributed by atoms with Gasteiger partial charge in [-0.15, -0.1) is 19.8 Å². The van der Waals surface area contributed by atoms with Gasteiger partial charge in [0.15, 0.2) is 25.4 Å². The summed E-state index contributed by atoms with van der Waals surface area (Å²) >= 11 is 0. The quantitative estimate of drug-likeness (QED) is 0.0784. The Morgan fingerprint density at radius 2 is 1.60 bits per heavy atom. The van der Waals surface area contributed by atoms with Crippen molar-refractivity contribution >= 4 is 37.4 Å². The summed E-state index contributed by atoms with van der Waals surface area (Å²) in [7, 11) is -1.38. The molecule has 1 aromatic heterocycles. The van der Waals surface area contributed by atoms with Crippen LogP contribution in [0.15, 0.2) is 83.4 Å². The van der Waals surface area contributed by atoms with E-state index in [1.165, 1.54) is 4.90 Å². The van der Waals surface area contributed by atoms with Crippen molar-refractivity contribution in [3.8, 4) is 17.4 Å². The first-order valence-electron chi connectivity index (χ1n) is 24.5. The highest BCUT2D eigenvalue weighted by Gasteiger charge is 2.69. The standard InChI is InChI=1S/C54H63F3N4O10Si/c1-11-23-58-40-35-26-33-25-34-37(43(62)36(33)47(63)53(35,71-72(9,10)52(5,6)7)48(64)39-45(40)70-59-49(39)67-29-31-20-16-13-17-21-31)46(66-28-30-18-14-12-15-19-30)42-38(44(34)68-54(55,56)57)41-32(22-24-60(41)8)27-61(42)50(65)69-51(2,3)4/h11-21,32-33,35,40-41,58,62H,1,22-29H2,2-10H3/t32?,33-,35-,40-,41?,53-/m0/s1. The van der Waals surface area contributed by atoms with Crippen LogP contribution < -0.4 is 24.4 Å². The minimum absolute atomic E-state index is 0.00618. The largest absolute Gasteiger partial charge is 0.573 e. The summed E-state index contributed by atoms with van der Waals surface area (Å²) in [5.41, 5.74) is -2.59. The Hall–Kier alpha value is -5.95. The first-order chi connectivity index (χ1) is 33.9. The maximum atomic E-state index is 16.4. The van der Waals surface area contributed by atoms with Crippen molar-refractivity contribution in [1.82, 2.24) is 15.4 Å². The number of rotatable bonds is 12. The molecule has 0 spiro atoms. The molecule has 9 rings (SSSR count). The third-order valence-electron chi connectivity index (χ3n) is 15.2. The molecule has 5 aliphatic rings. The summed E-state index contributed by atoms with van der Waals surface area (Å²) in [5, 5.41) is 20.3. The van der Waals surface area contributed by atoms with Crippen LogP contribution in [0.5, 0.6) is 17.4 Å². The summed E-state index contributed by atoms with van der Waals surface area (Å²) in [6.07, 6.45) is -4.26. The summed E-state index contributed by atoms with van der Waals surface area (Å²) in [6.45, 7) is 19.3. The molecule has 4 aromatic rings. The fourth-order valence-corrected chi connectivity index (χ4v) is 12.5. The van der Waals surface area contributed by atoms with E-state index >= 15 is 22.8 Å². The Balaban J connectivity index is 1.32. The molecular weight excluding hydrogens is 950 g/mol. The summed E-state index contributed by atoms with van der Waals surface area (Å²) < 4.78 is 83.0. The van der Waals surface area contributed by atoms with E-state index in [-0.39, 0.29) is 96.0 Å². The van der Waals surface area contributed by atoms with Gasteiger partial charge in [-0.3, -0.25) is 19.4 Å². The van der Waals surface area contributed by atoms with E-state index in [4.69, 9.17) is 27.9 Å². The van der Waals surface area contributed by atoms with Gasteiger partial charge in [-0.25, -0.2) is 4.79 Å². The van der Waals surface area contributed by atoms with E-state index in [1.54, 1.807) is 51.1 Å². The van der Waals surface area contributed by atoms with Crippen molar-refractivity contribution in [1.29, 1.82) is 0 Å². The number of likely N-dealkylation sites (tertiary alicyclic amines) is 1. The SMILES string of the molecule is C=CCN[C@@H]1c2onc(OCc3ccccc3)c2C(=O)[C@@]2(O[Si](C)(C)C(C)(C)C)C(=O)C3=C(O)c4c(c(OC(F)(F)F)c5c(c4OCc4ccccc4)N(C(=O)OC(C)(C)C)CC4CCN(C)C54)C[C@H]3C[C@@H]12. The fraction of sp³-hybridized carbons (Fsp3) is 0.481. The molecule has 2 unspecified atom stereocenters. The first-order valence-corrected chi connectivity index (χ1v) is 27.4. The van der Waals surface area contributed by atoms with Gasteiger partial charge in [0.05, 0.1) is 17.3 Å². The molecule has 1 saturated heterocycles. The average molecular weight is 1010 g/mol. The fourth-order valence-electron chi connectivity index (χ4n) is 11.1. The molecule has 72 heavy (non-hydrogen) atoms. The van der Waals surface area contributed by atoms with Crippen LogP contribution >= 0.6 is 0 Å². The lowest BCUT2D eigenvalue weighted by Crippen LogP contribution is -2.68. The molecule has 6 atom stereocenters. The van der Waals surface area contributed by atoms with Crippen molar-refractivity contribution in [3.05, 3.63) is 118 Å². The molecule has 1 amide bonds. The maximum Gasteiger partial charge on any atom is 0.573 e. The molecule has 384 valence electrons. The predicted octanol–water partition coefficient (Wildman–Crippen LogP) is 11.0. The lowest BCUT2D eigenvalue weighted by molar-refractivity contribution is -0.275. The monoisotopic (exact) mass is 1010 g/mol. The van der Waals surface area contributed by atoms with E-state index < -0.39 is 84.0 Å². The highest BCUT2D eigenvalue weighted by Crippen LogP contribution is 2.63. The molecule has 0 radical (unpaired) electrons. The summed E-state index contributed by atoms with van der Waals surface area (Å²) in [5.74, 6) is -5.53. The van der Waals surface area contributed by atoms with Crippen molar-refractivity contribution in [3.63, 3.8) is 0 Å². The molecule has 2 N–H and O–H groups in total. The zero-order valence-electron chi connectivity index (χ0n) is 42.2. The molecule has 1 saturated carbocycles. The number of hydrogen-bond donors (Lipinski definition) is 2. The number of amides is 1. The van der Waals surface area contributed by atoms with Crippen molar-refractivity contribution in [2.75, 3.05) is 31.6 Å². The second-order valence-corrected chi connectivity index (χ2v) is 26.8. The molecule has 2 aliphatic heterocycles. The zero-order valence-corrected chi connectivity index (χ0v) is 43.2. The Morgan fingerprint density at radius 1 is 0.958 bits per heavy atom. The lowest BCUT2D eigenvalue weighted by Gasteiger charge is -2.54. The number of anilines is 1. The minimum atomic E-state index is -5.25. The number of Topliss-reactive ketones (excluding diaryl/α,β-unsaturated/α-hetero) is 2. The molecular formula is C54H63F3N4O10Si. The number of aliphatic hydroxyl groups excluding tert-OH is 1. The number of nitrogens with one attached hydrogen (secondary N) is 1. The second kappa shape index (κ2) is 18.5. The first kappa shape index (κ1) is 51.0. The number of carbonyl (C=O) groups excluding carboxylic acids is 3. The number of alkyl halides is 3. The topological polar surface area (TPSA) is 162 Å². The van der Waals surface area contributed by atoms with Gasteiger partial charge < -0.3 is 38.3 Å². The van der Waals surface area contributed by atoms with Gasteiger partial charge in [0.1, 0.15) is 35.9 Å². The number of ether oxygens (including phenoxy) is 4. The molecule has 2 fully saturated rings. The van der Waals surface area contributed by atoms with Crippen LogP contribution in [0.2, 0.25) is 18.1 Å². The Labute approximate surface area is 418 Å². The Bertz CT molecular complexity index is 2820. The lowest BCUT2D eigenvalue weighted by atomic mass is 9.57. The number of halogens is 3. The van der Waals surface area contributed by atoms with Crippen LogP contribution in [-0.4, -0.2) is 85.4 Å². The van der Waals surface area contributed by atoms with E-state index in [0.29, 0.717) is 18.5 Å². The van der Waals surface area contributed by atoms with Crippen molar-refractivity contribution in [2.45, 2.75) is 122 Å². The number of hydrogen-bond acceptors (Lipinski definition) is 13. The van der Waals surface area contributed by atoms with Crippen molar-refractivity contribution < 1.29 is 60.6 Å². The van der Waals surface area contributed by atoms with Crippen LogP contribution in [0, 0.1) is 17.8 Å². The van der Waals surface area contributed by atoms with E-state index in [0.717, 1.165) is 5.56 Å². The van der Waals surface area contributed by atoms with E-state index in [9.17, 15) is 9.90 Å². The molecule has 18 heteroatoms. The Morgan fingerprint density at radius 3 is 2.19 bits per heavy atom. The number of benzene rings is 3.